The van der Waals surface area contributed by atoms with Crippen LogP contribution in [0.25, 0.3) is 0 Å². The van der Waals surface area contributed by atoms with Crippen molar-refractivity contribution in [2.75, 3.05) is 106 Å². The van der Waals surface area contributed by atoms with Gasteiger partial charge < -0.3 is 42.6 Å². The SMILES string of the molecule is CCCCCCCCC(=O)OCCOCCOCCOCCOCCOCCOCCOCCOc1ccc(CCCCCCCC)cc1. The summed E-state index contributed by atoms with van der Waals surface area (Å²) >= 11 is 0. The fraction of sp³-hybridized carbons (Fsp3) is 0.821. The van der Waals surface area contributed by atoms with E-state index >= 15 is 0 Å². The molecule has 0 saturated heterocycles. The number of benzene rings is 1. The van der Waals surface area contributed by atoms with Crippen molar-refractivity contribution in [3.8, 4) is 5.75 Å². The second-order valence-corrected chi connectivity index (χ2v) is 12.0. The Kier molecular flexibility index (Phi) is 34.6. The van der Waals surface area contributed by atoms with Crippen molar-refractivity contribution >= 4 is 5.97 Å². The molecule has 0 saturated carbocycles. The van der Waals surface area contributed by atoms with Crippen molar-refractivity contribution in [1.29, 1.82) is 0 Å². The van der Waals surface area contributed by atoms with E-state index in [-0.39, 0.29) is 5.97 Å². The Morgan fingerprint density at radius 3 is 1.24 bits per heavy atom. The molecule has 1 aromatic rings. The molecular weight excluding hydrogens is 628 g/mol. The maximum atomic E-state index is 11.7. The average molecular weight is 699 g/mol. The molecule has 0 aliphatic heterocycles. The minimum Gasteiger partial charge on any atom is -0.491 e. The first-order valence-electron chi connectivity index (χ1n) is 19.2. The molecule has 0 spiro atoms. The highest BCUT2D eigenvalue weighted by Crippen LogP contribution is 2.15. The maximum absolute atomic E-state index is 11.7. The third-order valence-corrected chi connectivity index (χ3v) is 7.70. The zero-order chi connectivity index (χ0) is 35.1. The van der Waals surface area contributed by atoms with Crippen molar-refractivity contribution < 1.29 is 47.4 Å². The summed E-state index contributed by atoms with van der Waals surface area (Å²) in [6.07, 6.45) is 16.5. The number of hydrogen-bond acceptors (Lipinski definition) is 10. The summed E-state index contributed by atoms with van der Waals surface area (Å²) in [5, 5.41) is 0. The topological polar surface area (TPSA) is 100 Å². The van der Waals surface area contributed by atoms with Crippen LogP contribution in [0.4, 0.5) is 0 Å². The molecule has 1 rings (SSSR count). The first-order valence-corrected chi connectivity index (χ1v) is 19.2. The predicted molar refractivity (Wildman–Crippen MR) is 194 cm³/mol. The average Bonchev–Trinajstić information content (AvgIpc) is 3.11. The van der Waals surface area contributed by atoms with Gasteiger partial charge in [-0.2, -0.15) is 0 Å². The number of unbranched alkanes of at least 4 members (excludes halogenated alkanes) is 10. The van der Waals surface area contributed by atoms with E-state index in [0.29, 0.717) is 112 Å². The van der Waals surface area contributed by atoms with Crippen molar-refractivity contribution in [3.05, 3.63) is 29.8 Å². The van der Waals surface area contributed by atoms with Gasteiger partial charge in [-0.25, -0.2) is 0 Å². The third kappa shape index (κ3) is 33.1. The number of rotatable bonds is 39. The smallest absolute Gasteiger partial charge is 0.305 e. The summed E-state index contributed by atoms with van der Waals surface area (Å²) in [6, 6.07) is 8.43. The minimum atomic E-state index is -0.139. The van der Waals surface area contributed by atoms with Crippen molar-refractivity contribution in [1.82, 2.24) is 0 Å². The van der Waals surface area contributed by atoms with Gasteiger partial charge in [0.15, 0.2) is 0 Å². The molecule has 0 radical (unpaired) electrons. The van der Waals surface area contributed by atoms with E-state index in [2.05, 4.69) is 26.0 Å². The van der Waals surface area contributed by atoms with E-state index in [1.165, 1.54) is 69.8 Å². The predicted octanol–water partition coefficient (Wildman–Crippen LogP) is 7.38. The van der Waals surface area contributed by atoms with Crippen LogP contribution in [0.3, 0.4) is 0 Å². The number of carbonyl (C=O) groups excluding carboxylic acids is 1. The molecule has 1 aromatic carbocycles. The van der Waals surface area contributed by atoms with Gasteiger partial charge in [0, 0.05) is 6.42 Å². The van der Waals surface area contributed by atoms with E-state index in [9.17, 15) is 4.79 Å². The molecule has 0 aliphatic carbocycles. The molecule has 0 aromatic heterocycles. The Bertz CT molecular complexity index is 808. The van der Waals surface area contributed by atoms with Crippen LogP contribution in [-0.2, 0) is 49.1 Å². The zero-order valence-corrected chi connectivity index (χ0v) is 31.1. The Morgan fingerprint density at radius 1 is 0.429 bits per heavy atom. The summed E-state index contributed by atoms with van der Waals surface area (Å²) in [5.41, 5.74) is 1.38. The van der Waals surface area contributed by atoms with E-state index in [1.54, 1.807) is 0 Å². The van der Waals surface area contributed by atoms with Gasteiger partial charge in [-0.3, -0.25) is 4.79 Å². The van der Waals surface area contributed by atoms with E-state index in [1.807, 2.05) is 12.1 Å². The van der Waals surface area contributed by atoms with Crippen LogP contribution in [-0.4, -0.2) is 112 Å². The lowest BCUT2D eigenvalue weighted by Gasteiger charge is -2.09. The summed E-state index contributed by atoms with van der Waals surface area (Å²) in [5.74, 6) is 0.746. The Hall–Kier alpha value is -1.79. The number of esters is 1. The van der Waals surface area contributed by atoms with Crippen molar-refractivity contribution in [2.45, 2.75) is 104 Å². The lowest BCUT2D eigenvalue weighted by molar-refractivity contribution is -0.145. The largest absolute Gasteiger partial charge is 0.491 e. The quantitative estimate of drug-likeness (QED) is 0.0512. The molecule has 0 atom stereocenters. The Balaban J connectivity index is 1.71. The van der Waals surface area contributed by atoms with Crippen LogP contribution in [0.5, 0.6) is 5.75 Å². The highest BCUT2D eigenvalue weighted by atomic mass is 16.6. The molecule has 0 heterocycles. The summed E-state index contributed by atoms with van der Waals surface area (Å²) in [4.78, 5) is 11.7. The Labute approximate surface area is 298 Å². The first-order chi connectivity index (χ1) is 24.3. The van der Waals surface area contributed by atoms with Gasteiger partial charge in [0.05, 0.1) is 92.5 Å². The van der Waals surface area contributed by atoms with Gasteiger partial charge in [0.2, 0.25) is 0 Å². The van der Waals surface area contributed by atoms with Crippen molar-refractivity contribution in [3.63, 3.8) is 0 Å². The molecule has 0 N–H and O–H groups in total. The molecule has 0 bridgehead atoms. The van der Waals surface area contributed by atoms with Gasteiger partial charge in [0.25, 0.3) is 0 Å². The van der Waals surface area contributed by atoms with Crippen LogP contribution < -0.4 is 4.74 Å². The van der Waals surface area contributed by atoms with Crippen LogP contribution in [0.1, 0.15) is 103 Å². The highest BCUT2D eigenvalue weighted by molar-refractivity contribution is 5.69. The minimum absolute atomic E-state index is 0.139. The molecule has 0 unspecified atom stereocenters. The fourth-order valence-electron chi connectivity index (χ4n) is 4.84. The first kappa shape index (κ1) is 45.2. The normalized spacial score (nSPS) is 11.3. The van der Waals surface area contributed by atoms with Gasteiger partial charge >= 0.3 is 5.97 Å². The monoisotopic (exact) mass is 698 g/mol. The summed E-state index contributed by atoms with van der Waals surface area (Å²) < 4.78 is 49.5. The van der Waals surface area contributed by atoms with Gasteiger partial charge in [-0.15, -0.1) is 0 Å². The number of carbonyl (C=O) groups is 1. The van der Waals surface area contributed by atoms with E-state index in [4.69, 9.17) is 42.6 Å². The van der Waals surface area contributed by atoms with Crippen LogP contribution in [0.15, 0.2) is 24.3 Å². The van der Waals surface area contributed by atoms with E-state index < -0.39 is 0 Å². The second-order valence-electron chi connectivity index (χ2n) is 12.0. The zero-order valence-electron chi connectivity index (χ0n) is 31.1. The molecule has 0 aliphatic rings. The van der Waals surface area contributed by atoms with Gasteiger partial charge in [0.1, 0.15) is 19.0 Å². The molecular formula is C39H70O10. The number of aryl methyl sites for hydroxylation is 1. The Morgan fingerprint density at radius 2 is 0.796 bits per heavy atom. The van der Waals surface area contributed by atoms with Gasteiger partial charge in [-0.1, -0.05) is 90.2 Å². The second kappa shape index (κ2) is 37.5. The standard InChI is InChI=1S/C39H70O10/c1-3-5-7-9-11-13-15-37-17-19-38(20-18-37)48-35-33-46-31-29-44-27-25-42-23-21-41-22-24-43-26-28-45-30-32-47-34-36-49-39(40)16-14-12-10-8-6-4-2/h17-20H,3-16,21-36H2,1-2H3. The van der Waals surface area contributed by atoms with Crippen molar-refractivity contribution in [2.24, 2.45) is 0 Å². The number of ether oxygens (including phenoxy) is 9. The van der Waals surface area contributed by atoms with E-state index in [0.717, 1.165) is 25.0 Å². The lowest BCUT2D eigenvalue weighted by Crippen LogP contribution is -2.15. The summed E-state index contributed by atoms with van der Waals surface area (Å²) in [7, 11) is 0. The molecule has 10 nitrogen and oxygen atoms in total. The molecule has 49 heavy (non-hydrogen) atoms. The molecule has 10 heteroatoms. The highest BCUT2D eigenvalue weighted by Gasteiger charge is 2.03. The summed E-state index contributed by atoms with van der Waals surface area (Å²) in [6.45, 7) is 12.2. The van der Waals surface area contributed by atoms with Crippen LogP contribution in [0.2, 0.25) is 0 Å². The van der Waals surface area contributed by atoms with Gasteiger partial charge in [-0.05, 0) is 37.0 Å². The third-order valence-electron chi connectivity index (χ3n) is 7.70. The lowest BCUT2D eigenvalue weighted by atomic mass is 10.0. The van der Waals surface area contributed by atoms with Crippen LogP contribution in [0, 0.1) is 0 Å². The maximum Gasteiger partial charge on any atom is 0.305 e. The fourth-order valence-corrected chi connectivity index (χ4v) is 4.84. The molecule has 0 amide bonds. The molecule has 0 fully saturated rings. The number of hydrogen-bond donors (Lipinski definition) is 0. The molecule has 286 valence electrons. The van der Waals surface area contributed by atoms with Crippen LogP contribution >= 0.6 is 0 Å².